The molecule has 0 saturated carbocycles. The minimum absolute atomic E-state index is 0.0641. The fraction of sp³-hybridized carbons (Fsp3) is 0.409. The molecule has 0 spiro atoms. The van der Waals surface area contributed by atoms with Crippen molar-refractivity contribution in [1.29, 1.82) is 0 Å². The standard InChI is InChI=1S/C22H25N3O4/c1-2-19(22(27)25-14-20(26)24-18-4-3-11-23-21(18)25)29-17-7-5-15(6-8-17)16-9-12-28-13-10-16/h3-8,11,16,19H,2,9-10,12-14H2,1H3,(H,24,26). The number of benzene rings is 1. The number of anilines is 2. The highest BCUT2D eigenvalue weighted by Crippen LogP contribution is 2.30. The van der Waals surface area contributed by atoms with Crippen molar-refractivity contribution in [3.63, 3.8) is 0 Å². The number of fused-ring (bicyclic) bond motifs is 1. The van der Waals surface area contributed by atoms with E-state index >= 15 is 0 Å². The molecule has 2 aliphatic heterocycles. The van der Waals surface area contributed by atoms with Crippen molar-refractivity contribution in [2.24, 2.45) is 0 Å². The molecule has 2 amide bonds. The Morgan fingerprint density at radius 3 is 2.76 bits per heavy atom. The fourth-order valence-corrected chi connectivity index (χ4v) is 3.80. The Hall–Kier alpha value is -2.93. The van der Waals surface area contributed by atoms with Gasteiger partial charge in [-0.25, -0.2) is 4.98 Å². The Bertz CT molecular complexity index is 878. The van der Waals surface area contributed by atoms with Gasteiger partial charge >= 0.3 is 0 Å². The molecule has 3 heterocycles. The van der Waals surface area contributed by atoms with Crippen LogP contribution < -0.4 is 15.0 Å². The van der Waals surface area contributed by atoms with E-state index in [4.69, 9.17) is 9.47 Å². The Kier molecular flexibility index (Phi) is 5.76. The molecule has 7 nitrogen and oxygen atoms in total. The van der Waals surface area contributed by atoms with Crippen molar-refractivity contribution in [1.82, 2.24) is 4.98 Å². The van der Waals surface area contributed by atoms with Crippen LogP contribution in [0.3, 0.4) is 0 Å². The number of hydrogen-bond donors (Lipinski definition) is 1. The predicted octanol–water partition coefficient (Wildman–Crippen LogP) is 3.12. The Labute approximate surface area is 170 Å². The number of aromatic nitrogens is 1. The van der Waals surface area contributed by atoms with Gasteiger partial charge in [-0.2, -0.15) is 0 Å². The van der Waals surface area contributed by atoms with Crippen molar-refractivity contribution in [2.75, 3.05) is 30.0 Å². The largest absolute Gasteiger partial charge is 0.481 e. The molecule has 1 saturated heterocycles. The summed E-state index contributed by atoms with van der Waals surface area (Å²) in [5, 5.41) is 2.74. The van der Waals surface area contributed by atoms with Crippen LogP contribution in [0.25, 0.3) is 0 Å². The molecule has 1 aromatic heterocycles. The molecule has 1 atom stereocenters. The SMILES string of the molecule is CCC(Oc1ccc(C2CCOCC2)cc1)C(=O)N1CC(=O)Nc2cccnc21. The zero-order valence-corrected chi connectivity index (χ0v) is 16.5. The second-order valence-corrected chi connectivity index (χ2v) is 7.32. The van der Waals surface area contributed by atoms with Crippen LogP contribution in [0, 0.1) is 0 Å². The molecule has 0 radical (unpaired) electrons. The van der Waals surface area contributed by atoms with Gasteiger partial charge in [-0.05, 0) is 55.0 Å². The number of hydrogen-bond acceptors (Lipinski definition) is 5. The molecule has 0 aliphatic carbocycles. The van der Waals surface area contributed by atoms with Crippen LogP contribution in [0.15, 0.2) is 42.6 Å². The highest BCUT2D eigenvalue weighted by molar-refractivity contribution is 6.10. The lowest BCUT2D eigenvalue weighted by atomic mass is 9.92. The normalized spacial score (nSPS) is 18.0. The van der Waals surface area contributed by atoms with Crippen LogP contribution in [-0.4, -0.2) is 42.7 Å². The monoisotopic (exact) mass is 395 g/mol. The van der Waals surface area contributed by atoms with Crippen LogP contribution >= 0.6 is 0 Å². The van der Waals surface area contributed by atoms with Crippen molar-refractivity contribution in [2.45, 2.75) is 38.2 Å². The molecule has 1 unspecified atom stereocenters. The Morgan fingerprint density at radius 2 is 2.03 bits per heavy atom. The molecule has 7 heteroatoms. The maximum Gasteiger partial charge on any atom is 0.269 e. The number of carbonyl (C=O) groups is 2. The maximum atomic E-state index is 13.1. The number of carbonyl (C=O) groups excluding carboxylic acids is 2. The minimum atomic E-state index is -0.690. The summed E-state index contributed by atoms with van der Waals surface area (Å²) < 4.78 is 11.4. The average molecular weight is 395 g/mol. The van der Waals surface area contributed by atoms with Gasteiger partial charge in [0.1, 0.15) is 12.3 Å². The van der Waals surface area contributed by atoms with Gasteiger partial charge in [0.2, 0.25) is 5.91 Å². The average Bonchev–Trinajstić information content (AvgIpc) is 2.77. The maximum absolute atomic E-state index is 13.1. The molecule has 2 aromatic rings. The Balaban J connectivity index is 1.48. The van der Waals surface area contributed by atoms with Gasteiger partial charge < -0.3 is 14.8 Å². The van der Waals surface area contributed by atoms with Gasteiger partial charge in [0.25, 0.3) is 5.91 Å². The molecule has 0 bridgehead atoms. The number of nitrogens with zero attached hydrogens (tertiary/aromatic N) is 2. The van der Waals surface area contributed by atoms with E-state index in [1.807, 2.05) is 19.1 Å². The third kappa shape index (κ3) is 4.24. The smallest absolute Gasteiger partial charge is 0.269 e. The van der Waals surface area contributed by atoms with E-state index in [1.54, 1.807) is 18.3 Å². The molecule has 4 rings (SSSR count). The van der Waals surface area contributed by atoms with Crippen molar-refractivity contribution < 1.29 is 19.1 Å². The number of ether oxygens (including phenoxy) is 2. The summed E-state index contributed by atoms with van der Waals surface area (Å²) in [6.45, 7) is 3.43. The topological polar surface area (TPSA) is 80.8 Å². The highest BCUT2D eigenvalue weighted by atomic mass is 16.5. The van der Waals surface area contributed by atoms with E-state index < -0.39 is 6.10 Å². The molecule has 1 N–H and O–H groups in total. The first kappa shape index (κ1) is 19.4. The fourth-order valence-electron chi connectivity index (χ4n) is 3.80. The number of pyridine rings is 1. The summed E-state index contributed by atoms with van der Waals surface area (Å²) in [7, 11) is 0. The van der Waals surface area contributed by atoms with Crippen molar-refractivity contribution in [3.8, 4) is 5.75 Å². The number of amides is 2. The van der Waals surface area contributed by atoms with E-state index in [2.05, 4.69) is 22.4 Å². The third-order valence-electron chi connectivity index (χ3n) is 5.38. The molecule has 29 heavy (non-hydrogen) atoms. The summed E-state index contributed by atoms with van der Waals surface area (Å²) in [5.41, 5.74) is 1.80. The molecule has 1 aromatic carbocycles. The summed E-state index contributed by atoms with van der Waals surface area (Å²) >= 11 is 0. The van der Waals surface area contributed by atoms with Gasteiger partial charge in [-0.3, -0.25) is 14.5 Å². The van der Waals surface area contributed by atoms with E-state index in [9.17, 15) is 9.59 Å². The van der Waals surface area contributed by atoms with Crippen LogP contribution in [0.2, 0.25) is 0 Å². The summed E-state index contributed by atoms with van der Waals surface area (Å²) in [4.78, 5) is 30.8. The first-order valence-corrected chi connectivity index (χ1v) is 10.1. The number of rotatable bonds is 5. The second-order valence-electron chi connectivity index (χ2n) is 7.32. The van der Waals surface area contributed by atoms with E-state index in [-0.39, 0.29) is 18.4 Å². The zero-order valence-electron chi connectivity index (χ0n) is 16.5. The molecule has 2 aliphatic rings. The lowest BCUT2D eigenvalue weighted by molar-refractivity contribution is -0.127. The van der Waals surface area contributed by atoms with E-state index in [1.165, 1.54) is 10.5 Å². The van der Waals surface area contributed by atoms with Crippen molar-refractivity contribution in [3.05, 3.63) is 48.2 Å². The lowest BCUT2D eigenvalue weighted by Gasteiger charge is -2.30. The minimum Gasteiger partial charge on any atom is -0.481 e. The first-order chi connectivity index (χ1) is 14.2. The quantitative estimate of drug-likeness (QED) is 0.841. The van der Waals surface area contributed by atoms with Crippen LogP contribution in [0.5, 0.6) is 5.75 Å². The van der Waals surface area contributed by atoms with E-state index in [0.717, 1.165) is 26.1 Å². The van der Waals surface area contributed by atoms with Gasteiger partial charge in [0.15, 0.2) is 11.9 Å². The van der Waals surface area contributed by atoms with Crippen LogP contribution in [-0.2, 0) is 14.3 Å². The first-order valence-electron chi connectivity index (χ1n) is 10.1. The number of nitrogens with one attached hydrogen (secondary N) is 1. The van der Waals surface area contributed by atoms with Gasteiger partial charge in [0, 0.05) is 19.4 Å². The second kappa shape index (κ2) is 8.61. The van der Waals surface area contributed by atoms with Gasteiger partial charge in [-0.15, -0.1) is 0 Å². The third-order valence-corrected chi connectivity index (χ3v) is 5.38. The lowest BCUT2D eigenvalue weighted by Crippen LogP contribution is -2.48. The molecule has 1 fully saturated rings. The van der Waals surface area contributed by atoms with Crippen LogP contribution in [0.1, 0.15) is 37.7 Å². The molecular formula is C22H25N3O4. The van der Waals surface area contributed by atoms with Gasteiger partial charge in [-0.1, -0.05) is 19.1 Å². The molecule has 152 valence electrons. The summed E-state index contributed by atoms with van der Waals surface area (Å²) in [6, 6.07) is 11.4. The van der Waals surface area contributed by atoms with Crippen LogP contribution in [0.4, 0.5) is 11.5 Å². The zero-order chi connectivity index (χ0) is 20.2. The van der Waals surface area contributed by atoms with Crippen molar-refractivity contribution >= 4 is 23.3 Å². The highest BCUT2D eigenvalue weighted by Gasteiger charge is 2.33. The Morgan fingerprint density at radius 1 is 1.28 bits per heavy atom. The predicted molar refractivity (Wildman–Crippen MR) is 109 cm³/mol. The van der Waals surface area contributed by atoms with E-state index in [0.29, 0.717) is 29.6 Å². The summed E-state index contributed by atoms with van der Waals surface area (Å²) in [5.74, 6) is 1.10. The molecular weight excluding hydrogens is 370 g/mol. The van der Waals surface area contributed by atoms with Gasteiger partial charge in [0.05, 0.1) is 5.69 Å². The summed E-state index contributed by atoms with van der Waals surface area (Å²) in [6.07, 6.45) is 3.46.